The smallest absolute Gasteiger partial charge is 0.411 e. The molecule has 116 valence electrons. The summed E-state index contributed by atoms with van der Waals surface area (Å²) in [6.45, 7) is 0.272. The highest BCUT2D eigenvalue weighted by Gasteiger charge is 2.38. The Morgan fingerprint density at radius 1 is 1.45 bits per heavy atom. The van der Waals surface area contributed by atoms with Gasteiger partial charge in [-0.2, -0.15) is 13.2 Å². The van der Waals surface area contributed by atoms with Gasteiger partial charge in [-0.15, -0.1) is 0 Å². The Morgan fingerprint density at radius 3 is 2.60 bits per heavy atom. The van der Waals surface area contributed by atoms with Crippen LogP contribution in [0.4, 0.5) is 18.0 Å². The van der Waals surface area contributed by atoms with E-state index < -0.39 is 36.7 Å². The van der Waals surface area contributed by atoms with E-state index in [-0.39, 0.29) is 13.2 Å². The topological polar surface area (TPSA) is 78.9 Å². The van der Waals surface area contributed by atoms with Gasteiger partial charge >= 0.3 is 18.2 Å². The van der Waals surface area contributed by atoms with Crippen molar-refractivity contribution >= 4 is 12.0 Å². The molecule has 1 saturated heterocycles. The maximum atomic E-state index is 11.8. The molecule has 0 aromatic rings. The van der Waals surface area contributed by atoms with Gasteiger partial charge in [-0.3, -0.25) is 4.79 Å². The summed E-state index contributed by atoms with van der Waals surface area (Å²) in [5, 5.41) is 11.3. The molecule has 0 spiro atoms. The number of amides is 2. The molecule has 0 aromatic heterocycles. The van der Waals surface area contributed by atoms with Crippen LogP contribution in [0, 0.1) is 5.92 Å². The third-order valence-corrected chi connectivity index (χ3v) is 3.12. The highest BCUT2D eigenvalue weighted by Crippen LogP contribution is 2.24. The van der Waals surface area contributed by atoms with E-state index in [4.69, 9.17) is 5.11 Å². The van der Waals surface area contributed by atoms with Crippen molar-refractivity contribution in [3.8, 4) is 0 Å². The SMILES string of the molecule is CC1C(C(=O)O)CCN1C(=O)NCCOCC(F)(F)F. The molecule has 1 rings (SSSR count). The third-order valence-electron chi connectivity index (χ3n) is 3.12. The molecule has 2 atom stereocenters. The lowest BCUT2D eigenvalue weighted by atomic mass is 10.0. The molecule has 2 N–H and O–H groups in total. The predicted molar refractivity (Wildman–Crippen MR) is 62.2 cm³/mol. The summed E-state index contributed by atoms with van der Waals surface area (Å²) >= 11 is 0. The number of aliphatic carboxylic acids is 1. The van der Waals surface area contributed by atoms with Gasteiger partial charge in [0, 0.05) is 19.1 Å². The highest BCUT2D eigenvalue weighted by atomic mass is 19.4. The fourth-order valence-corrected chi connectivity index (χ4v) is 2.08. The number of carbonyl (C=O) groups excluding carboxylic acids is 1. The van der Waals surface area contributed by atoms with Crippen molar-refractivity contribution < 1.29 is 32.6 Å². The largest absolute Gasteiger partial charge is 0.481 e. The lowest BCUT2D eigenvalue weighted by molar-refractivity contribution is -0.173. The van der Waals surface area contributed by atoms with Crippen molar-refractivity contribution in [1.82, 2.24) is 10.2 Å². The van der Waals surface area contributed by atoms with Gasteiger partial charge in [0.15, 0.2) is 0 Å². The molecule has 1 aliphatic heterocycles. The Balaban J connectivity index is 2.25. The van der Waals surface area contributed by atoms with Crippen molar-refractivity contribution in [1.29, 1.82) is 0 Å². The van der Waals surface area contributed by atoms with Crippen molar-refractivity contribution in [2.45, 2.75) is 25.6 Å². The standard InChI is InChI=1S/C11H17F3N2O4/c1-7-8(9(17)18)2-4-16(7)10(19)15-3-5-20-6-11(12,13)14/h7-8H,2-6H2,1H3,(H,15,19)(H,17,18). The zero-order chi connectivity index (χ0) is 15.3. The van der Waals surface area contributed by atoms with E-state index in [1.54, 1.807) is 6.92 Å². The van der Waals surface area contributed by atoms with Gasteiger partial charge in [-0.05, 0) is 13.3 Å². The molecule has 1 heterocycles. The van der Waals surface area contributed by atoms with Crippen LogP contribution in [0.25, 0.3) is 0 Å². The number of carbonyl (C=O) groups is 2. The number of ether oxygens (including phenoxy) is 1. The second kappa shape index (κ2) is 6.78. The molecule has 1 fully saturated rings. The van der Waals surface area contributed by atoms with Gasteiger partial charge in [-0.25, -0.2) is 4.79 Å². The second-order valence-electron chi connectivity index (χ2n) is 4.57. The van der Waals surface area contributed by atoms with Gasteiger partial charge in [0.25, 0.3) is 0 Å². The van der Waals surface area contributed by atoms with E-state index in [9.17, 15) is 22.8 Å². The van der Waals surface area contributed by atoms with Crippen molar-refractivity contribution in [3.63, 3.8) is 0 Å². The fourth-order valence-electron chi connectivity index (χ4n) is 2.08. The van der Waals surface area contributed by atoms with E-state index in [0.29, 0.717) is 13.0 Å². The quantitative estimate of drug-likeness (QED) is 0.744. The molecule has 0 bridgehead atoms. The number of hydrogen-bond acceptors (Lipinski definition) is 3. The number of nitrogens with one attached hydrogen (secondary N) is 1. The van der Waals surface area contributed by atoms with Crippen LogP contribution in [0.5, 0.6) is 0 Å². The Bertz CT molecular complexity index is 362. The number of halogens is 3. The van der Waals surface area contributed by atoms with E-state index in [1.165, 1.54) is 4.90 Å². The van der Waals surface area contributed by atoms with E-state index in [1.807, 2.05) is 0 Å². The summed E-state index contributed by atoms with van der Waals surface area (Å²) in [5.41, 5.74) is 0. The fraction of sp³-hybridized carbons (Fsp3) is 0.818. The van der Waals surface area contributed by atoms with Crippen LogP contribution in [0.3, 0.4) is 0 Å². The highest BCUT2D eigenvalue weighted by molar-refractivity contribution is 5.78. The molecule has 0 saturated carbocycles. The first-order valence-electron chi connectivity index (χ1n) is 6.14. The summed E-state index contributed by atoms with van der Waals surface area (Å²) in [7, 11) is 0. The molecule has 20 heavy (non-hydrogen) atoms. The number of rotatable bonds is 5. The Kier molecular flexibility index (Phi) is 5.61. The lowest BCUT2D eigenvalue weighted by Crippen LogP contribution is -2.44. The molecule has 2 unspecified atom stereocenters. The van der Waals surface area contributed by atoms with Crippen LogP contribution in [0.1, 0.15) is 13.3 Å². The Morgan fingerprint density at radius 2 is 2.10 bits per heavy atom. The zero-order valence-electron chi connectivity index (χ0n) is 10.9. The first-order valence-corrected chi connectivity index (χ1v) is 6.14. The number of alkyl halides is 3. The molecular formula is C11H17F3N2O4. The second-order valence-corrected chi connectivity index (χ2v) is 4.57. The minimum absolute atomic E-state index is 0.0597. The Labute approximate surface area is 113 Å². The van der Waals surface area contributed by atoms with Gasteiger partial charge in [0.1, 0.15) is 6.61 Å². The summed E-state index contributed by atoms with van der Waals surface area (Å²) < 4.78 is 39.7. The van der Waals surface area contributed by atoms with Gasteiger partial charge in [0.2, 0.25) is 0 Å². The normalized spacial score (nSPS) is 22.9. The van der Waals surface area contributed by atoms with E-state index in [2.05, 4.69) is 10.1 Å². The average Bonchev–Trinajstić information content (AvgIpc) is 2.69. The average molecular weight is 298 g/mol. The first-order chi connectivity index (χ1) is 9.22. The van der Waals surface area contributed by atoms with E-state index in [0.717, 1.165) is 0 Å². The van der Waals surface area contributed by atoms with Crippen LogP contribution >= 0.6 is 0 Å². The lowest BCUT2D eigenvalue weighted by Gasteiger charge is -2.23. The van der Waals surface area contributed by atoms with Crippen molar-refractivity contribution in [2.75, 3.05) is 26.3 Å². The number of carboxylic acid groups (broad SMARTS) is 1. The van der Waals surface area contributed by atoms with Gasteiger partial charge in [-0.1, -0.05) is 0 Å². The van der Waals surface area contributed by atoms with Gasteiger partial charge in [0.05, 0.1) is 12.5 Å². The maximum absolute atomic E-state index is 11.8. The molecule has 2 amide bonds. The summed E-state index contributed by atoms with van der Waals surface area (Å²) in [5.74, 6) is -1.57. The van der Waals surface area contributed by atoms with Gasteiger partial charge < -0.3 is 20.1 Å². The van der Waals surface area contributed by atoms with Crippen LogP contribution in [-0.2, 0) is 9.53 Å². The molecular weight excluding hydrogens is 281 g/mol. The molecule has 0 aromatic carbocycles. The number of urea groups is 1. The van der Waals surface area contributed by atoms with E-state index >= 15 is 0 Å². The molecule has 9 heteroatoms. The van der Waals surface area contributed by atoms with Crippen LogP contribution in [0.15, 0.2) is 0 Å². The molecule has 0 aliphatic carbocycles. The van der Waals surface area contributed by atoms with Crippen LogP contribution in [0.2, 0.25) is 0 Å². The number of hydrogen-bond donors (Lipinski definition) is 2. The summed E-state index contributed by atoms with van der Waals surface area (Å²) in [6, 6.07) is -0.930. The Hall–Kier alpha value is -1.51. The minimum atomic E-state index is -4.39. The molecule has 1 aliphatic rings. The molecule has 0 radical (unpaired) electrons. The van der Waals surface area contributed by atoms with Crippen molar-refractivity contribution in [3.05, 3.63) is 0 Å². The zero-order valence-corrected chi connectivity index (χ0v) is 10.9. The van der Waals surface area contributed by atoms with Crippen LogP contribution < -0.4 is 5.32 Å². The monoisotopic (exact) mass is 298 g/mol. The summed E-state index contributed by atoms with van der Waals surface area (Å²) in [6.07, 6.45) is -4.02. The third kappa shape index (κ3) is 4.87. The first kappa shape index (κ1) is 16.5. The minimum Gasteiger partial charge on any atom is -0.481 e. The number of carboxylic acids is 1. The van der Waals surface area contributed by atoms with Crippen molar-refractivity contribution in [2.24, 2.45) is 5.92 Å². The number of likely N-dealkylation sites (tertiary alicyclic amines) is 1. The summed E-state index contributed by atoms with van der Waals surface area (Å²) in [4.78, 5) is 24.0. The molecule has 6 nitrogen and oxygen atoms in total. The van der Waals surface area contributed by atoms with Crippen LogP contribution in [-0.4, -0.2) is 60.5 Å². The number of nitrogens with zero attached hydrogens (tertiary/aromatic N) is 1. The predicted octanol–water partition coefficient (Wildman–Crippen LogP) is 1.07. The maximum Gasteiger partial charge on any atom is 0.411 e.